The second-order valence-corrected chi connectivity index (χ2v) is 15.3. The maximum atomic E-state index is 14.7. The molecule has 2 bridgehead atoms. The maximum absolute atomic E-state index is 14.7. The molecule has 0 spiro atoms. The van der Waals surface area contributed by atoms with Gasteiger partial charge in [-0.1, -0.05) is 52.5 Å². The van der Waals surface area contributed by atoms with E-state index in [2.05, 4.69) is 11.6 Å². The summed E-state index contributed by atoms with van der Waals surface area (Å²) in [5, 5.41) is 13.0. The number of rotatable bonds is 8. The number of fused-ring (bicyclic) bond motifs is 4. The molecule has 16 nitrogen and oxygen atoms in total. The molecule has 16 heteroatoms. The fraction of sp³-hybridized carbons (Fsp3) is 0.512. The average molecular weight is 794 g/mol. The molecule has 3 unspecified atom stereocenters. The van der Waals surface area contributed by atoms with E-state index < -0.39 is 113 Å². The molecule has 1 N–H and O–H groups in total. The van der Waals surface area contributed by atoms with Gasteiger partial charge in [0.1, 0.15) is 18.3 Å². The van der Waals surface area contributed by atoms with Crippen LogP contribution in [0.2, 0.25) is 0 Å². The third-order valence-corrected chi connectivity index (χ3v) is 10.9. The molecule has 3 heterocycles. The molecule has 1 aromatic heterocycles. The van der Waals surface area contributed by atoms with Gasteiger partial charge in [-0.25, -0.2) is 9.59 Å². The van der Waals surface area contributed by atoms with E-state index in [0.717, 1.165) is 27.7 Å². The van der Waals surface area contributed by atoms with E-state index >= 15 is 0 Å². The number of Topliss-reactive ketones (excluding diaryl/α,β-unsaturated/α-hetero) is 1. The quantitative estimate of drug-likeness (QED) is 0.230. The summed E-state index contributed by atoms with van der Waals surface area (Å²) in [5.74, 6) is -13.1. The van der Waals surface area contributed by atoms with Crippen LogP contribution in [0.3, 0.4) is 0 Å². The number of hydrogen-bond donors (Lipinski definition) is 1. The molecular weight excluding hydrogens is 746 g/mol. The number of ether oxygens (including phenoxy) is 7. The summed E-state index contributed by atoms with van der Waals surface area (Å²) in [6, 6.07) is 10.5. The first-order valence-electron chi connectivity index (χ1n) is 18.4. The van der Waals surface area contributed by atoms with Gasteiger partial charge in [0.2, 0.25) is 5.79 Å². The molecule has 1 aromatic carbocycles. The molecule has 0 amide bonds. The Morgan fingerprint density at radius 3 is 1.91 bits per heavy atom. The number of pyridine rings is 1. The summed E-state index contributed by atoms with van der Waals surface area (Å²) in [5.41, 5.74) is -4.51. The van der Waals surface area contributed by atoms with Gasteiger partial charge in [-0.3, -0.25) is 29.0 Å². The smallest absolute Gasteiger partial charge is 0.340 e. The number of carbonyl (C=O) groups excluding carboxylic acids is 7. The van der Waals surface area contributed by atoms with Gasteiger partial charge in [0, 0.05) is 51.1 Å². The Morgan fingerprint density at radius 2 is 1.35 bits per heavy atom. The van der Waals surface area contributed by atoms with Gasteiger partial charge in [0.05, 0.1) is 23.0 Å². The van der Waals surface area contributed by atoms with Crippen molar-refractivity contribution in [3.8, 4) is 0 Å². The number of hydrogen-bond acceptors (Lipinski definition) is 16. The highest BCUT2D eigenvalue weighted by atomic mass is 16.7. The van der Waals surface area contributed by atoms with E-state index in [0.29, 0.717) is 0 Å². The summed E-state index contributed by atoms with van der Waals surface area (Å²) < 4.78 is 42.5. The fourth-order valence-corrected chi connectivity index (χ4v) is 8.48. The molecule has 2 aromatic rings. The summed E-state index contributed by atoms with van der Waals surface area (Å²) in [7, 11) is 0. The number of nitrogens with zero attached hydrogens (tertiary/aromatic N) is 1. The highest BCUT2D eigenvalue weighted by Gasteiger charge is 2.77. The van der Waals surface area contributed by atoms with Gasteiger partial charge < -0.3 is 38.3 Å². The maximum Gasteiger partial charge on any atom is 0.340 e. The normalized spacial score (nSPS) is 33.1. The monoisotopic (exact) mass is 793 g/mol. The summed E-state index contributed by atoms with van der Waals surface area (Å²) in [4.78, 5) is 98.8. The van der Waals surface area contributed by atoms with Crippen LogP contribution in [0, 0.1) is 23.2 Å². The molecule has 57 heavy (non-hydrogen) atoms. The van der Waals surface area contributed by atoms with Crippen molar-refractivity contribution in [2.24, 2.45) is 23.2 Å². The number of aliphatic hydroxyl groups is 1. The minimum Gasteiger partial charge on any atom is -0.462 e. The van der Waals surface area contributed by atoms with Crippen LogP contribution < -0.4 is 0 Å². The van der Waals surface area contributed by atoms with Crippen LogP contribution in [0.4, 0.5) is 0 Å². The third-order valence-electron chi connectivity index (χ3n) is 10.9. The minimum absolute atomic E-state index is 0.0234. The fourth-order valence-electron chi connectivity index (χ4n) is 8.48. The van der Waals surface area contributed by atoms with Crippen molar-refractivity contribution >= 4 is 41.6 Å². The van der Waals surface area contributed by atoms with E-state index in [1.165, 1.54) is 57.4 Å². The van der Waals surface area contributed by atoms with Crippen LogP contribution >= 0.6 is 0 Å². The SMILES string of the molecule is C=C1[C@H](OC(C)=O)[C@H]2C(OC(C)=O)C(C)C[C@]2(OC(C)=O)[C@]2(O)O[C@@H](C(=O)[C@H]2C)C(C)(C)C(OC(=O)c2cccnc2)[C@H](OC(=O)c2ccccc2)[C@H]1OC(C)=O. The van der Waals surface area contributed by atoms with Crippen LogP contribution in [-0.2, 0) is 57.1 Å². The van der Waals surface area contributed by atoms with Gasteiger partial charge in [0.25, 0.3) is 0 Å². The van der Waals surface area contributed by atoms with Crippen LogP contribution in [-0.4, -0.2) is 99.7 Å². The standard InChI is InChI=1S/C41H47NO15/c1-20-18-40(56-26(7)46)29(31(20)51-23(4)43)32(52-24(5)44)21(2)33(53-25(6)45)34(54-37(48)27-14-11-10-12-15-27)36(55-38(49)28-16-13-17-42-19-28)39(8,9)35-30(47)22(3)41(40,50)57-35/h10-17,19-20,22,29,31-36,50H,2,18H2,1,3-9H3/t20?,22-,29-,31?,32+,33+,34-,35+,36?,40-,41-/m1/s1. The summed E-state index contributed by atoms with van der Waals surface area (Å²) in [6.07, 6.45) is -8.16. The molecule has 1 saturated carbocycles. The van der Waals surface area contributed by atoms with Gasteiger partial charge >= 0.3 is 35.8 Å². The van der Waals surface area contributed by atoms with Crippen molar-refractivity contribution in [1.82, 2.24) is 4.98 Å². The average Bonchev–Trinajstić information content (AvgIpc) is 3.55. The molecule has 3 fully saturated rings. The molecule has 2 aliphatic heterocycles. The van der Waals surface area contributed by atoms with Crippen molar-refractivity contribution in [2.45, 2.75) is 110 Å². The Hall–Kier alpha value is -5.48. The topological polar surface area (TPSA) is 217 Å². The lowest BCUT2D eigenvalue weighted by atomic mass is 9.68. The van der Waals surface area contributed by atoms with Gasteiger partial charge in [-0.2, -0.15) is 0 Å². The number of benzene rings is 1. The third kappa shape index (κ3) is 7.92. The minimum atomic E-state index is -2.75. The van der Waals surface area contributed by atoms with Crippen molar-refractivity contribution in [1.29, 1.82) is 0 Å². The zero-order valence-electron chi connectivity index (χ0n) is 32.9. The first kappa shape index (κ1) is 42.7. The first-order valence-corrected chi connectivity index (χ1v) is 18.4. The van der Waals surface area contributed by atoms with E-state index in [1.807, 2.05) is 0 Å². The Kier molecular flexibility index (Phi) is 12.1. The van der Waals surface area contributed by atoms with E-state index in [4.69, 9.17) is 33.2 Å². The van der Waals surface area contributed by atoms with Crippen molar-refractivity contribution < 1.29 is 71.8 Å². The predicted molar refractivity (Wildman–Crippen MR) is 194 cm³/mol. The van der Waals surface area contributed by atoms with Crippen molar-refractivity contribution in [3.05, 3.63) is 78.1 Å². The number of ketones is 1. The largest absolute Gasteiger partial charge is 0.462 e. The lowest BCUT2D eigenvalue weighted by Crippen LogP contribution is -2.66. The molecule has 2 saturated heterocycles. The molecular formula is C41H47NO15. The Labute approximate surface area is 329 Å². The molecule has 11 atom stereocenters. The lowest BCUT2D eigenvalue weighted by molar-refractivity contribution is -0.333. The second-order valence-electron chi connectivity index (χ2n) is 15.3. The zero-order chi connectivity index (χ0) is 42.2. The first-order chi connectivity index (χ1) is 26.7. The number of esters is 6. The Balaban J connectivity index is 1.89. The molecule has 0 radical (unpaired) electrons. The van der Waals surface area contributed by atoms with Gasteiger partial charge in [-0.15, -0.1) is 0 Å². The van der Waals surface area contributed by atoms with Crippen LogP contribution in [0.5, 0.6) is 0 Å². The number of aromatic nitrogens is 1. The van der Waals surface area contributed by atoms with Gasteiger partial charge in [-0.05, 0) is 36.6 Å². The van der Waals surface area contributed by atoms with E-state index in [1.54, 1.807) is 25.1 Å². The van der Waals surface area contributed by atoms with Crippen LogP contribution in [0.25, 0.3) is 0 Å². The van der Waals surface area contributed by atoms with Crippen LogP contribution in [0.15, 0.2) is 67.0 Å². The van der Waals surface area contributed by atoms with Crippen molar-refractivity contribution in [3.63, 3.8) is 0 Å². The highest BCUT2D eigenvalue weighted by molar-refractivity contribution is 5.91. The lowest BCUT2D eigenvalue weighted by Gasteiger charge is -2.49. The highest BCUT2D eigenvalue weighted by Crippen LogP contribution is 2.60. The Morgan fingerprint density at radius 1 is 0.772 bits per heavy atom. The Bertz CT molecular complexity index is 1930. The van der Waals surface area contributed by atoms with Crippen molar-refractivity contribution in [2.75, 3.05) is 0 Å². The summed E-state index contributed by atoms with van der Waals surface area (Å²) >= 11 is 0. The second kappa shape index (κ2) is 16.2. The van der Waals surface area contributed by atoms with E-state index in [9.17, 15) is 38.7 Å². The molecule has 5 rings (SSSR count). The zero-order valence-corrected chi connectivity index (χ0v) is 32.9. The number of carbonyl (C=O) groups is 7. The molecule has 306 valence electrons. The molecule has 1 aliphatic carbocycles. The van der Waals surface area contributed by atoms with Crippen LogP contribution in [0.1, 0.15) is 82.5 Å². The summed E-state index contributed by atoms with van der Waals surface area (Å²) in [6.45, 7) is 14.3. The predicted octanol–water partition coefficient (Wildman–Crippen LogP) is 3.47. The van der Waals surface area contributed by atoms with Gasteiger partial charge in [0.15, 0.2) is 29.7 Å². The van der Waals surface area contributed by atoms with E-state index in [-0.39, 0.29) is 23.1 Å². The molecule has 3 aliphatic rings.